The highest BCUT2D eigenvalue weighted by molar-refractivity contribution is 6.30. The Labute approximate surface area is 118 Å². The second-order valence-corrected chi connectivity index (χ2v) is 5.01. The van der Waals surface area contributed by atoms with Crippen LogP contribution in [0.5, 0.6) is 0 Å². The lowest BCUT2D eigenvalue weighted by molar-refractivity contribution is 0.298. The molecule has 0 saturated heterocycles. The van der Waals surface area contributed by atoms with Crippen LogP contribution in [0, 0.1) is 13.8 Å². The zero-order valence-corrected chi connectivity index (χ0v) is 11.9. The Bertz CT molecular complexity index is 561. The summed E-state index contributed by atoms with van der Waals surface area (Å²) >= 11 is 5.97. The molecule has 0 spiro atoms. The van der Waals surface area contributed by atoms with Crippen molar-refractivity contribution in [1.29, 1.82) is 0 Å². The van der Waals surface area contributed by atoms with Crippen LogP contribution in [0.1, 0.15) is 28.3 Å². The fourth-order valence-electron chi connectivity index (χ4n) is 2.19. The van der Waals surface area contributed by atoms with E-state index in [1.54, 1.807) is 0 Å². The van der Waals surface area contributed by atoms with Crippen molar-refractivity contribution in [3.8, 4) is 0 Å². The molecule has 0 aliphatic carbocycles. The molecule has 1 aromatic heterocycles. The SMILES string of the molecule is Cc1nc(Cc2cccc(Cl)c2)nc(C)c1CCO. The van der Waals surface area contributed by atoms with E-state index in [2.05, 4.69) is 9.97 Å². The van der Waals surface area contributed by atoms with Gasteiger partial charge in [-0.15, -0.1) is 0 Å². The van der Waals surface area contributed by atoms with Gasteiger partial charge in [0.15, 0.2) is 0 Å². The minimum atomic E-state index is 0.124. The number of aliphatic hydroxyl groups is 1. The average molecular weight is 277 g/mol. The topological polar surface area (TPSA) is 46.0 Å². The molecule has 1 N–H and O–H groups in total. The third-order valence-electron chi connectivity index (χ3n) is 3.08. The van der Waals surface area contributed by atoms with Crippen molar-refractivity contribution in [3.63, 3.8) is 0 Å². The summed E-state index contributed by atoms with van der Waals surface area (Å²) in [5, 5.41) is 9.76. The first-order chi connectivity index (χ1) is 9.10. The quantitative estimate of drug-likeness (QED) is 0.934. The molecule has 0 amide bonds. The summed E-state index contributed by atoms with van der Waals surface area (Å²) in [6, 6.07) is 7.73. The van der Waals surface area contributed by atoms with Gasteiger partial charge in [-0.3, -0.25) is 0 Å². The van der Waals surface area contributed by atoms with Gasteiger partial charge >= 0.3 is 0 Å². The molecule has 0 radical (unpaired) electrons. The summed E-state index contributed by atoms with van der Waals surface area (Å²) in [7, 11) is 0. The fraction of sp³-hybridized carbons (Fsp3) is 0.333. The Hall–Kier alpha value is -1.45. The van der Waals surface area contributed by atoms with Gasteiger partial charge in [-0.2, -0.15) is 0 Å². The molecule has 0 fully saturated rings. The van der Waals surface area contributed by atoms with Crippen molar-refractivity contribution < 1.29 is 5.11 Å². The first kappa shape index (κ1) is 14.0. The number of nitrogens with zero attached hydrogens (tertiary/aromatic N) is 2. The molecule has 0 aliphatic heterocycles. The predicted molar refractivity (Wildman–Crippen MR) is 76.6 cm³/mol. The van der Waals surface area contributed by atoms with E-state index < -0.39 is 0 Å². The van der Waals surface area contributed by atoms with E-state index >= 15 is 0 Å². The van der Waals surface area contributed by atoms with Crippen LogP contribution in [0.3, 0.4) is 0 Å². The fourth-order valence-corrected chi connectivity index (χ4v) is 2.40. The van der Waals surface area contributed by atoms with Crippen LogP contribution in [-0.4, -0.2) is 21.7 Å². The maximum Gasteiger partial charge on any atom is 0.133 e. The number of aromatic nitrogens is 2. The van der Waals surface area contributed by atoms with Crippen LogP contribution in [-0.2, 0) is 12.8 Å². The molecule has 2 aromatic rings. The summed E-state index contributed by atoms with van der Waals surface area (Å²) in [6.07, 6.45) is 1.27. The molecule has 1 aromatic carbocycles. The van der Waals surface area contributed by atoms with Crippen LogP contribution >= 0.6 is 11.6 Å². The molecule has 1 heterocycles. The third-order valence-corrected chi connectivity index (χ3v) is 3.32. The normalized spacial score (nSPS) is 10.7. The van der Waals surface area contributed by atoms with Gasteiger partial charge in [0, 0.05) is 29.4 Å². The van der Waals surface area contributed by atoms with Crippen molar-refractivity contribution in [2.75, 3.05) is 6.61 Å². The highest BCUT2D eigenvalue weighted by atomic mass is 35.5. The lowest BCUT2D eigenvalue weighted by Gasteiger charge is -2.10. The van der Waals surface area contributed by atoms with E-state index in [0.717, 1.165) is 33.4 Å². The number of aliphatic hydroxyl groups excluding tert-OH is 1. The first-order valence-electron chi connectivity index (χ1n) is 6.28. The number of hydrogen-bond donors (Lipinski definition) is 1. The van der Waals surface area contributed by atoms with Gasteiger partial charge < -0.3 is 5.11 Å². The highest BCUT2D eigenvalue weighted by Gasteiger charge is 2.08. The Kier molecular flexibility index (Phi) is 4.51. The smallest absolute Gasteiger partial charge is 0.133 e. The third kappa shape index (κ3) is 3.52. The lowest BCUT2D eigenvalue weighted by Crippen LogP contribution is -2.07. The Morgan fingerprint density at radius 3 is 2.42 bits per heavy atom. The second-order valence-electron chi connectivity index (χ2n) is 4.57. The zero-order chi connectivity index (χ0) is 13.8. The molecule has 19 heavy (non-hydrogen) atoms. The van der Waals surface area contributed by atoms with Gasteiger partial charge in [0.25, 0.3) is 0 Å². The number of benzene rings is 1. The molecule has 4 heteroatoms. The monoisotopic (exact) mass is 276 g/mol. The van der Waals surface area contributed by atoms with Gasteiger partial charge in [-0.05, 0) is 43.5 Å². The van der Waals surface area contributed by atoms with Crippen molar-refractivity contribution in [2.24, 2.45) is 0 Å². The van der Waals surface area contributed by atoms with Gasteiger partial charge in [-0.1, -0.05) is 23.7 Å². The average Bonchev–Trinajstić information content (AvgIpc) is 2.34. The van der Waals surface area contributed by atoms with Gasteiger partial charge in [0.1, 0.15) is 5.82 Å². The molecule has 0 unspecified atom stereocenters. The van der Waals surface area contributed by atoms with Crippen LogP contribution in [0.25, 0.3) is 0 Å². The molecule has 0 saturated carbocycles. The first-order valence-corrected chi connectivity index (χ1v) is 6.66. The standard InChI is InChI=1S/C15H17ClN2O/c1-10-14(6-7-19)11(2)18-15(17-10)9-12-4-3-5-13(16)8-12/h3-5,8,19H,6-7,9H2,1-2H3. The Morgan fingerprint density at radius 1 is 1.16 bits per heavy atom. The van der Waals surface area contributed by atoms with Crippen LogP contribution in [0.2, 0.25) is 5.02 Å². The maximum absolute atomic E-state index is 9.03. The van der Waals surface area contributed by atoms with Crippen LogP contribution < -0.4 is 0 Å². The molecule has 3 nitrogen and oxygen atoms in total. The van der Waals surface area contributed by atoms with E-state index in [4.69, 9.17) is 16.7 Å². The maximum atomic E-state index is 9.03. The van der Waals surface area contributed by atoms with E-state index in [1.165, 1.54) is 0 Å². The molecular weight excluding hydrogens is 260 g/mol. The number of halogens is 1. The zero-order valence-electron chi connectivity index (χ0n) is 11.2. The Morgan fingerprint density at radius 2 is 1.84 bits per heavy atom. The van der Waals surface area contributed by atoms with Crippen LogP contribution in [0.4, 0.5) is 0 Å². The Balaban J connectivity index is 2.27. The number of hydrogen-bond acceptors (Lipinski definition) is 3. The molecule has 0 bridgehead atoms. The highest BCUT2D eigenvalue weighted by Crippen LogP contribution is 2.16. The van der Waals surface area contributed by atoms with Crippen molar-refractivity contribution >= 4 is 11.6 Å². The molecule has 0 aliphatic rings. The summed E-state index contributed by atoms with van der Waals surface area (Å²) in [5.41, 5.74) is 4.02. The lowest BCUT2D eigenvalue weighted by atomic mass is 10.1. The summed E-state index contributed by atoms with van der Waals surface area (Å²) < 4.78 is 0. The van der Waals surface area contributed by atoms with Crippen LogP contribution in [0.15, 0.2) is 24.3 Å². The van der Waals surface area contributed by atoms with Crippen molar-refractivity contribution in [2.45, 2.75) is 26.7 Å². The summed E-state index contributed by atoms with van der Waals surface area (Å²) in [5.74, 6) is 0.791. The van der Waals surface area contributed by atoms with E-state index in [-0.39, 0.29) is 6.61 Å². The molecule has 2 rings (SSSR count). The summed E-state index contributed by atoms with van der Waals surface area (Å²) in [4.78, 5) is 9.02. The minimum Gasteiger partial charge on any atom is -0.396 e. The second kappa shape index (κ2) is 6.13. The predicted octanol–water partition coefficient (Wildman–Crippen LogP) is 2.87. The van der Waals surface area contributed by atoms with Crippen molar-refractivity contribution in [1.82, 2.24) is 9.97 Å². The molecular formula is C15H17ClN2O. The molecule has 100 valence electrons. The van der Waals surface area contributed by atoms with Crippen molar-refractivity contribution in [3.05, 3.63) is 57.6 Å². The number of aryl methyl sites for hydroxylation is 2. The van der Waals surface area contributed by atoms with E-state index in [1.807, 2.05) is 38.1 Å². The van der Waals surface area contributed by atoms with Gasteiger partial charge in [0.2, 0.25) is 0 Å². The minimum absolute atomic E-state index is 0.124. The molecule has 0 atom stereocenters. The van der Waals surface area contributed by atoms with Gasteiger partial charge in [-0.25, -0.2) is 9.97 Å². The van der Waals surface area contributed by atoms with Gasteiger partial charge in [0.05, 0.1) is 0 Å². The largest absolute Gasteiger partial charge is 0.396 e. The summed E-state index contributed by atoms with van der Waals surface area (Å²) in [6.45, 7) is 4.04. The number of rotatable bonds is 4. The van der Waals surface area contributed by atoms with E-state index in [9.17, 15) is 0 Å². The van der Waals surface area contributed by atoms with E-state index in [0.29, 0.717) is 12.8 Å².